The van der Waals surface area contributed by atoms with Crippen molar-refractivity contribution in [3.05, 3.63) is 71.3 Å². The Kier molecular flexibility index (Phi) is 4.94. The maximum absolute atomic E-state index is 12.9. The molecule has 2 fully saturated rings. The van der Waals surface area contributed by atoms with Gasteiger partial charge < -0.3 is 14.5 Å². The Morgan fingerprint density at radius 2 is 1.59 bits per heavy atom. The van der Waals surface area contributed by atoms with Gasteiger partial charge in [-0.2, -0.15) is 0 Å². The van der Waals surface area contributed by atoms with E-state index in [1.807, 2.05) is 71.3 Å². The Morgan fingerprint density at radius 1 is 0.889 bits per heavy atom. The van der Waals surface area contributed by atoms with E-state index >= 15 is 0 Å². The van der Waals surface area contributed by atoms with Crippen LogP contribution in [0, 0.1) is 12.8 Å². The molecule has 4 rings (SSSR count). The van der Waals surface area contributed by atoms with Crippen LogP contribution in [0.3, 0.4) is 0 Å². The van der Waals surface area contributed by atoms with Gasteiger partial charge in [-0.1, -0.05) is 36.4 Å². The average Bonchev–Trinajstić information content (AvgIpc) is 2.99. The van der Waals surface area contributed by atoms with Gasteiger partial charge in [-0.25, -0.2) is 0 Å². The van der Waals surface area contributed by atoms with Crippen LogP contribution >= 0.6 is 0 Å². The van der Waals surface area contributed by atoms with Gasteiger partial charge in [0.05, 0.1) is 12.7 Å². The number of carbonyl (C=O) groups excluding carboxylic acids is 2. The maximum atomic E-state index is 12.9. The van der Waals surface area contributed by atoms with Crippen LogP contribution in [0.4, 0.5) is 0 Å². The molecule has 0 bridgehead atoms. The van der Waals surface area contributed by atoms with E-state index in [1.54, 1.807) is 0 Å². The third kappa shape index (κ3) is 3.60. The molecule has 0 aromatic heterocycles. The van der Waals surface area contributed by atoms with Crippen LogP contribution in [0.5, 0.6) is 0 Å². The second-order valence-corrected chi connectivity index (χ2v) is 7.31. The summed E-state index contributed by atoms with van der Waals surface area (Å²) < 4.78 is 6.00. The van der Waals surface area contributed by atoms with Gasteiger partial charge in [0.2, 0.25) is 0 Å². The van der Waals surface area contributed by atoms with E-state index in [4.69, 9.17) is 4.74 Å². The molecule has 0 saturated carbocycles. The quantitative estimate of drug-likeness (QED) is 0.823. The molecule has 2 aliphatic heterocycles. The number of amides is 2. The van der Waals surface area contributed by atoms with Crippen LogP contribution in [0.25, 0.3) is 0 Å². The number of ether oxygens (including phenoxy) is 1. The molecule has 0 unspecified atom stereocenters. The van der Waals surface area contributed by atoms with Gasteiger partial charge >= 0.3 is 0 Å². The molecule has 2 aromatic carbocycles. The van der Waals surface area contributed by atoms with E-state index in [2.05, 4.69) is 0 Å². The van der Waals surface area contributed by atoms with Crippen LogP contribution in [-0.4, -0.2) is 60.5 Å². The van der Waals surface area contributed by atoms with Crippen LogP contribution < -0.4 is 0 Å². The largest absolute Gasteiger partial charge is 0.374 e. The number of rotatable bonds is 2. The highest BCUT2D eigenvalue weighted by molar-refractivity contribution is 5.96. The number of nitrogens with zero attached hydrogens (tertiary/aromatic N) is 2. The van der Waals surface area contributed by atoms with Crippen LogP contribution in [0.15, 0.2) is 54.6 Å². The van der Waals surface area contributed by atoms with Crippen LogP contribution in [0.1, 0.15) is 26.3 Å². The molecule has 2 saturated heterocycles. The highest BCUT2D eigenvalue weighted by atomic mass is 16.5. The number of carbonyl (C=O) groups is 2. The first-order chi connectivity index (χ1) is 13.1. The van der Waals surface area contributed by atoms with Gasteiger partial charge in [0.25, 0.3) is 11.8 Å². The van der Waals surface area contributed by atoms with Crippen molar-refractivity contribution in [2.75, 3.05) is 32.8 Å². The van der Waals surface area contributed by atoms with Crippen molar-refractivity contribution >= 4 is 11.8 Å². The first-order valence-electron chi connectivity index (χ1n) is 9.44. The lowest BCUT2D eigenvalue weighted by Gasteiger charge is -2.24. The summed E-state index contributed by atoms with van der Waals surface area (Å²) in [5.41, 5.74) is 2.42. The standard InChI is InChI=1S/C22H24N2O3/c1-16-7-5-6-10-19(16)22(26)24-14-18-13-23(11-12-27-20(18)15-24)21(25)17-8-3-2-4-9-17/h2-10,18,20H,11-15H2,1H3/t18-,20+/m0/s1. The van der Waals surface area contributed by atoms with Crippen molar-refractivity contribution in [2.24, 2.45) is 5.92 Å². The Hall–Kier alpha value is -2.66. The van der Waals surface area contributed by atoms with Crippen molar-refractivity contribution in [3.63, 3.8) is 0 Å². The molecule has 27 heavy (non-hydrogen) atoms. The summed E-state index contributed by atoms with van der Waals surface area (Å²) in [4.78, 5) is 29.5. The molecule has 2 atom stereocenters. The molecule has 2 heterocycles. The molecular weight excluding hydrogens is 340 g/mol. The molecule has 2 amide bonds. The lowest BCUT2D eigenvalue weighted by molar-refractivity contribution is 0.0477. The predicted molar refractivity (Wildman–Crippen MR) is 103 cm³/mol. The Bertz CT molecular complexity index is 836. The zero-order valence-electron chi connectivity index (χ0n) is 15.5. The zero-order chi connectivity index (χ0) is 18.8. The molecule has 2 aliphatic rings. The Balaban J connectivity index is 1.47. The van der Waals surface area contributed by atoms with Crippen molar-refractivity contribution in [1.29, 1.82) is 0 Å². The van der Waals surface area contributed by atoms with E-state index in [1.165, 1.54) is 0 Å². The number of fused-ring (bicyclic) bond motifs is 1. The molecular formula is C22H24N2O3. The highest BCUT2D eigenvalue weighted by Gasteiger charge is 2.39. The molecule has 0 spiro atoms. The molecule has 5 nitrogen and oxygen atoms in total. The van der Waals surface area contributed by atoms with Crippen molar-refractivity contribution < 1.29 is 14.3 Å². The first kappa shape index (κ1) is 17.7. The second-order valence-electron chi connectivity index (χ2n) is 7.31. The fourth-order valence-corrected chi connectivity index (χ4v) is 3.99. The number of hydrogen-bond donors (Lipinski definition) is 0. The molecule has 140 valence electrons. The molecule has 0 aliphatic carbocycles. The fourth-order valence-electron chi connectivity index (χ4n) is 3.99. The van der Waals surface area contributed by atoms with E-state index < -0.39 is 0 Å². The van der Waals surface area contributed by atoms with E-state index in [9.17, 15) is 9.59 Å². The summed E-state index contributed by atoms with van der Waals surface area (Å²) in [5.74, 6) is 0.224. The highest BCUT2D eigenvalue weighted by Crippen LogP contribution is 2.26. The summed E-state index contributed by atoms with van der Waals surface area (Å²) in [6, 6.07) is 17.0. The average molecular weight is 364 g/mol. The summed E-state index contributed by atoms with van der Waals surface area (Å²) in [6.45, 7) is 4.88. The second kappa shape index (κ2) is 7.53. The van der Waals surface area contributed by atoms with Crippen LogP contribution in [0.2, 0.25) is 0 Å². The minimum atomic E-state index is -0.00783. The SMILES string of the molecule is Cc1ccccc1C(=O)N1C[C@@H]2CN(C(=O)c3ccccc3)CCO[C@@H]2C1. The smallest absolute Gasteiger partial charge is 0.254 e. The monoisotopic (exact) mass is 364 g/mol. The minimum absolute atomic E-state index is 0.00783. The van der Waals surface area contributed by atoms with Crippen molar-refractivity contribution in [1.82, 2.24) is 9.80 Å². The van der Waals surface area contributed by atoms with Gasteiger partial charge in [-0.15, -0.1) is 0 Å². The van der Waals surface area contributed by atoms with Gasteiger partial charge in [-0.05, 0) is 30.7 Å². The number of aryl methyl sites for hydroxylation is 1. The lowest BCUT2D eigenvalue weighted by Crippen LogP contribution is -2.38. The molecule has 0 N–H and O–H groups in total. The number of benzene rings is 2. The minimum Gasteiger partial charge on any atom is -0.374 e. The predicted octanol–water partition coefficient (Wildman–Crippen LogP) is 2.61. The normalized spacial score (nSPS) is 22.3. The number of likely N-dealkylation sites (tertiary alicyclic amines) is 1. The molecule has 2 aromatic rings. The van der Waals surface area contributed by atoms with Crippen molar-refractivity contribution in [3.8, 4) is 0 Å². The van der Waals surface area contributed by atoms with E-state index in [-0.39, 0.29) is 23.8 Å². The van der Waals surface area contributed by atoms with E-state index in [0.717, 1.165) is 11.1 Å². The Morgan fingerprint density at radius 3 is 2.37 bits per heavy atom. The third-order valence-corrected chi connectivity index (χ3v) is 5.50. The summed E-state index contributed by atoms with van der Waals surface area (Å²) >= 11 is 0. The summed E-state index contributed by atoms with van der Waals surface area (Å²) in [5, 5.41) is 0. The van der Waals surface area contributed by atoms with Gasteiger partial charge in [0, 0.05) is 43.2 Å². The van der Waals surface area contributed by atoms with Gasteiger partial charge in [0.15, 0.2) is 0 Å². The summed E-state index contributed by atoms with van der Waals surface area (Å²) in [7, 11) is 0. The molecule has 5 heteroatoms. The van der Waals surface area contributed by atoms with Crippen molar-refractivity contribution in [2.45, 2.75) is 13.0 Å². The Labute approximate surface area is 159 Å². The molecule has 0 radical (unpaired) electrons. The fraction of sp³-hybridized carbons (Fsp3) is 0.364. The zero-order valence-corrected chi connectivity index (χ0v) is 15.5. The third-order valence-electron chi connectivity index (χ3n) is 5.50. The maximum Gasteiger partial charge on any atom is 0.254 e. The van der Waals surface area contributed by atoms with Gasteiger partial charge in [-0.3, -0.25) is 9.59 Å². The van der Waals surface area contributed by atoms with E-state index in [0.29, 0.717) is 38.3 Å². The topological polar surface area (TPSA) is 49.9 Å². The number of hydrogen-bond acceptors (Lipinski definition) is 3. The van der Waals surface area contributed by atoms with Crippen LogP contribution in [-0.2, 0) is 4.74 Å². The summed E-state index contributed by atoms with van der Waals surface area (Å²) in [6.07, 6.45) is -0.00783. The first-order valence-corrected chi connectivity index (χ1v) is 9.44. The lowest BCUT2D eigenvalue weighted by atomic mass is 10.1. The van der Waals surface area contributed by atoms with Gasteiger partial charge in [0.1, 0.15) is 0 Å².